The van der Waals surface area contributed by atoms with Crippen molar-refractivity contribution in [1.82, 2.24) is 0 Å². The minimum Gasteiger partial charge on any atom is -0.870 e. The molecule has 0 fully saturated rings. The first kappa shape index (κ1) is 15.7. The molecule has 7 heavy (non-hydrogen) atoms. The molecule has 0 aliphatic heterocycles. The molecule has 0 aromatic carbocycles. The van der Waals surface area contributed by atoms with E-state index in [1.807, 2.05) is 0 Å². The van der Waals surface area contributed by atoms with E-state index in [0.717, 1.165) is 0 Å². The van der Waals surface area contributed by atoms with E-state index >= 15 is 0 Å². The van der Waals surface area contributed by atoms with Gasteiger partial charge in [0, 0.05) is 10.4 Å². The monoisotopic (exact) mass is 153 g/mol. The second kappa shape index (κ2) is 5.23. The predicted molar refractivity (Wildman–Crippen MR) is 18.2 cm³/mol. The summed E-state index contributed by atoms with van der Waals surface area (Å²) in [7, 11) is -5.17. The van der Waals surface area contributed by atoms with Crippen LogP contribution in [-0.4, -0.2) is 60.7 Å². The fraction of sp³-hybridized carbons (Fsp3) is 0. The van der Waals surface area contributed by atoms with Crippen molar-refractivity contribution in [3.63, 3.8) is 0 Å². The Kier molecular flexibility index (Phi) is 11.7. The van der Waals surface area contributed by atoms with Gasteiger partial charge in [-0.25, -0.2) is 0 Å². The summed E-state index contributed by atoms with van der Waals surface area (Å²) in [6, 6.07) is 0. The second-order valence-electron chi connectivity index (χ2n) is 0.408. The molecule has 0 amide bonds. The zero-order chi connectivity index (χ0) is 4.50. The van der Waals surface area contributed by atoms with Crippen LogP contribution >= 0.6 is 0 Å². The molecule has 0 aliphatic rings. The van der Waals surface area contributed by atoms with Crippen LogP contribution in [0.25, 0.3) is 0 Å². The van der Waals surface area contributed by atoms with Crippen molar-refractivity contribution in [3.8, 4) is 0 Å². The van der Waals surface area contributed by atoms with E-state index in [1.54, 1.807) is 0 Å². The number of hydrogen-bond acceptors (Lipinski definition) is 5. The summed E-state index contributed by atoms with van der Waals surface area (Å²) >= 11 is 0. The summed E-state index contributed by atoms with van der Waals surface area (Å²) in [6.07, 6.45) is 0. The third-order valence-corrected chi connectivity index (χ3v) is 0. The molecule has 0 saturated heterocycles. The van der Waals surface area contributed by atoms with Crippen LogP contribution in [0.15, 0.2) is 0 Å². The summed E-state index contributed by atoms with van der Waals surface area (Å²) in [5.41, 5.74) is 0. The maximum atomic E-state index is 8.52. The molecule has 0 bridgehead atoms. The van der Waals surface area contributed by atoms with Crippen molar-refractivity contribution in [2.75, 3.05) is 0 Å². The third-order valence-electron chi connectivity index (χ3n) is 0. The Balaban J connectivity index is -0.0000000800. The fourth-order valence-electron chi connectivity index (χ4n) is 0. The van der Waals surface area contributed by atoms with Crippen molar-refractivity contribution < 1.29 is 23.0 Å². The summed E-state index contributed by atoms with van der Waals surface area (Å²) in [5, 5.41) is 0. The summed E-state index contributed by atoms with van der Waals surface area (Å²) in [6.45, 7) is 0. The molecule has 0 heterocycles. The minimum atomic E-state index is -5.17. The van der Waals surface area contributed by atoms with Crippen molar-refractivity contribution in [2.45, 2.75) is 0 Å². The molecule has 40 valence electrons. The Morgan fingerprint density at radius 3 is 1.14 bits per heavy atom. The zero-order valence-electron chi connectivity index (χ0n) is 3.20. The van der Waals surface area contributed by atoms with Crippen LogP contribution in [0, 0.1) is 0 Å². The van der Waals surface area contributed by atoms with Crippen molar-refractivity contribution in [1.29, 1.82) is 0 Å². The minimum absolute atomic E-state index is 0. The molecule has 5 nitrogen and oxygen atoms in total. The van der Waals surface area contributed by atoms with Gasteiger partial charge in [-0.05, 0) is 0 Å². The number of rotatable bonds is 0. The van der Waals surface area contributed by atoms with E-state index < -0.39 is 10.4 Å². The van der Waals surface area contributed by atoms with Crippen molar-refractivity contribution >= 4 is 48.1 Å². The SMILES string of the molecule is O=S(=O)([O-])[O-].[Ca+2].[OH-]. The molecular formula is HCaO5S-. The maximum absolute atomic E-state index is 8.52. The molecular weight excluding hydrogens is 152 g/mol. The van der Waals surface area contributed by atoms with Gasteiger partial charge in [0.2, 0.25) is 0 Å². The molecule has 7 heteroatoms. The molecule has 0 radical (unpaired) electrons. The predicted octanol–water partition coefficient (Wildman–Crippen LogP) is -1.90. The van der Waals surface area contributed by atoms with Gasteiger partial charge in [0.1, 0.15) is 0 Å². The number of hydrogen-bond donors (Lipinski definition) is 0. The Hall–Kier alpha value is 1.09. The molecule has 0 aromatic rings. The van der Waals surface area contributed by atoms with Crippen LogP contribution in [-0.2, 0) is 10.4 Å². The van der Waals surface area contributed by atoms with Crippen LogP contribution in [0.5, 0.6) is 0 Å². The third kappa shape index (κ3) is 155. The van der Waals surface area contributed by atoms with Crippen LogP contribution in [0.4, 0.5) is 0 Å². The average molecular weight is 153 g/mol. The Labute approximate surface area is 70.6 Å². The molecule has 1 N–H and O–H groups in total. The first-order valence-corrected chi connectivity index (χ1v) is 2.00. The van der Waals surface area contributed by atoms with Crippen molar-refractivity contribution in [2.24, 2.45) is 0 Å². The van der Waals surface area contributed by atoms with E-state index in [-0.39, 0.29) is 43.2 Å². The van der Waals surface area contributed by atoms with Crippen molar-refractivity contribution in [3.05, 3.63) is 0 Å². The van der Waals surface area contributed by atoms with Gasteiger partial charge in [0.15, 0.2) is 0 Å². The molecule has 0 saturated carbocycles. The van der Waals surface area contributed by atoms with E-state index in [9.17, 15) is 0 Å². The Bertz CT molecular complexity index is 91.2. The quantitative estimate of drug-likeness (QED) is 0.229. The fourth-order valence-corrected chi connectivity index (χ4v) is 0. The molecule has 0 spiro atoms. The van der Waals surface area contributed by atoms with Gasteiger partial charge in [-0.2, -0.15) is 0 Å². The summed E-state index contributed by atoms with van der Waals surface area (Å²) in [4.78, 5) is 0. The smallest absolute Gasteiger partial charge is 0.870 e. The first-order valence-electron chi connectivity index (χ1n) is 0.667. The zero-order valence-corrected chi connectivity index (χ0v) is 6.22. The standard InChI is InChI=1S/Ca.H2O4S.H2O/c;1-5(2,3)4;/h;(H2,1,2,3,4);1H2/q+2;;/p-3. The van der Waals surface area contributed by atoms with E-state index in [4.69, 9.17) is 17.5 Å². The molecule has 0 aliphatic carbocycles. The topological polar surface area (TPSA) is 110 Å². The molecule has 0 unspecified atom stereocenters. The largest absolute Gasteiger partial charge is 2.00 e. The first-order chi connectivity index (χ1) is 2.00. The van der Waals surface area contributed by atoms with Gasteiger partial charge in [-0.1, -0.05) is 0 Å². The van der Waals surface area contributed by atoms with Gasteiger partial charge in [-0.3, -0.25) is 8.42 Å². The van der Waals surface area contributed by atoms with E-state index in [1.165, 1.54) is 0 Å². The van der Waals surface area contributed by atoms with E-state index in [0.29, 0.717) is 0 Å². The second-order valence-corrected chi connectivity index (χ2v) is 1.22. The van der Waals surface area contributed by atoms with Gasteiger partial charge in [-0.15, -0.1) is 0 Å². The maximum Gasteiger partial charge on any atom is 2.00 e. The summed E-state index contributed by atoms with van der Waals surface area (Å²) < 4.78 is 34.1. The normalized spacial score (nSPS) is 8.29. The van der Waals surface area contributed by atoms with Gasteiger partial charge >= 0.3 is 37.7 Å². The molecule has 0 aromatic heterocycles. The van der Waals surface area contributed by atoms with Crippen LogP contribution in [0.3, 0.4) is 0 Å². The van der Waals surface area contributed by atoms with E-state index in [2.05, 4.69) is 0 Å². The summed E-state index contributed by atoms with van der Waals surface area (Å²) in [5.74, 6) is 0. The Morgan fingerprint density at radius 2 is 1.14 bits per heavy atom. The molecule has 0 atom stereocenters. The Morgan fingerprint density at radius 1 is 1.14 bits per heavy atom. The van der Waals surface area contributed by atoms with Crippen LogP contribution in [0.1, 0.15) is 0 Å². The average Bonchev–Trinajstić information content (AvgIpc) is 0.722. The van der Waals surface area contributed by atoms with Gasteiger partial charge in [0.25, 0.3) is 0 Å². The van der Waals surface area contributed by atoms with Crippen LogP contribution < -0.4 is 0 Å². The van der Waals surface area contributed by atoms with Crippen LogP contribution in [0.2, 0.25) is 0 Å². The van der Waals surface area contributed by atoms with Gasteiger partial charge < -0.3 is 14.6 Å². The van der Waals surface area contributed by atoms with Gasteiger partial charge in [0.05, 0.1) is 0 Å². The molecule has 0 rings (SSSR count).